The Morgan fingerprint density at radius 3 is 2.78 bits per heavy atom. The third kappa shape index (κ3) is 4.05. The van der Waals surface area contributed by atoms with Gasteiger partial charge in [-0.05, 0) is 18.4 Å². The molecule has 6 nitrogen and oxygen atoms in total. The van der Waals surface area contributed by atoms with Crippen molar-refractivity contribution in [1.29, 1.82) is 0 Å². The van der Waals surface area contributed by atoms with Crippen LogP contribution in [0.1, 0.15) is 30.6 Å². The van der Waals surface area contributed by atoms with Gasteiger partial charge in [-0.1, -0.05) is 43.6 Å². The maximum atomic E-state index is 13.0. The van der Waals surface area contributed by atoms with Gasteiger partial charge in [-0.25, -0.2) is 4.98 Å². The number of aliphatic hydroxyl groups is 1. The van der Waals surface area contributed by atoms with Gasteiger partial charge in [0.2, 0.25) is 0 Å². The molecule has 8 heteroatoms. The summed E-state index contributed by atoms with van der Waals surface area (Å²) in [5.74, 6) is -0.245. The van der Waals surface area contributed by atoms with E-state index in [0.29, 0.717) is 33.6 Å². The first-order valence-corrected chi connectivity index (χ1v) is 9.84. The van der Waals surface area contributed by atoms with E-state index >= 15 is 0 Å². The summed E-state index contributed by atoms with van der Waals surface area (Å²) in [5, 5.41) is 14.5. The quantitative estimate of drug-likeness (QED) is 0.659. The summed E-state index contributed by atoms with van der Waals surface area (Å²) in [6, 6.07) is 6.78. The topological polar surface area (TPSA) is 83.7 Å². The van der Waals surface area contributed by atoms with Crippen molar-refractivity contribution in [2.45, 2.75) is 26.3 Å². The number of hydrogen-bond acceptors (Lipinski definition) is 5. The second kappa shape index (κ2) is 8.21. The Hall–Kier alpha value is -2.22. The van der Waals surface area contributed by atoms with Crippen molar-refractivity contribution in [1.82, 2.24) is 14.7 Å². The minimum Gasteiger partial charge on any atom is -0.394 e. The largest absolute Gasteiger partial charge is 0.394 e. The summed E-state index contributed by atoms with van der Waals surface area (Å²) >= 11 is 7.57. The molecule has 0 aliphatic heterocycles. The molecule has 3 rings (SSSR count). The molecule has 0 spiro atoms. The smallest absolute Gasteiger partial charge is 0.271 e. The highest BCUT2D eigenvalue weighted by molar-refractivity contribution is 7.15. The molecule has 0 saturated heterocycles. The summed E-state index contributed by atoms with van der Waals surface area (Å²) in [6.07, 6.45) is 1.90. The van der Waals surface area contributed by atoms with Crippen LogP contribution in [0.3, 0.4) is 0 Å². The molecule has 1 atom stereocenters. The van der Waals surface area contributed by atoms with Crippen molar-refractivity contribution >= 4 is 33.8 Å². The van der Waals surface area contributed by atoms with E-state index in [9.17, 15) is 14.7 Å². The molecular formula is C19H20ClN3O3S. The molecule has 2 heterocycles. The fraction of sp³-hybridized carbons (Fsp3) is 0.316. The van der Waals surface area contributed by atoms with Crippen LogP contribution >= 0.6 is 22.9 Å². The first kappa shape index (κ1) is 19.5. The minimum absolute atomic E-state index is 0.0681. The molecule has 27 heavy (non-hydrogen) atoms. The number of rotatable bonds is 6. The monoisotopic (exact) mass is 405 g/mol. The molecule has 0 aliphatic rings. The standard InChI is InChI=1S/C19H20ClN3O3S/c1-11(2)7-12(9-24)22-17(25)14-8-21-19-23(18(14)26)16(10-27-19)13-5-3-4-6-15(13)20/h3-6,8,10-12,24H,7,9H2,1-2H3,(H,22,25). The van der Waals surface area contributed by atoms with Gasteiger partial charge in [0, 0.05) is 22.2 Å². The zero-order valence-electron chi connectivity index (χ0n) is 15.0. The van der Waals surface area contributed by atoms with E-state index in [2.05, 4.69) is 10.3 Å². The number of carbonyl (C=O) groups is 1. The van der Waals surface area contributed by atoms with Crippen LogP contribution in [-0.4, -0.2) is 33.0 Å². The molecule has 3 aromatic rings. The zero-order valence-corrected chi connectivity index (χ0v) is 16.5. The highest BCUT2D eigenvalue weighted by atomic mass is 35.5. The predicted octanol–water partition coefficient (Wildman–Crippen LogP) is 3.21. The summed E-state index contributed by atoms with van der Waals surface area (Å²) in [6.45, 7) is 3.81. The van der Waals surface area contributed by atoms with Gasteiger partial charge >= 0.3 is 0 Å². The number of halogens is 1. The highest BCUT2D eigenvalue weighted by Crippen LogP contribution is 2.29. The number of nitrogens with one attached hydrogen (secondary N) is 1. The molecule has 0 fully saturated rings. The molecule has 142 valence electrons. The Morgan fingerprint density at radius 2 is 2.11 bits per heavy atom. The van der Waals surface area contributed by atoms with E-state index in [0.717, 1.165) is 0 Å². The number of aliphatic hydroxyl groups excluding tert-OH is 1. The van der Waals surface area contributed by atoms with Gasteiger partial charge in [0.25, 0.3) is 11.5 Å². The van der Waals surface area contributed by atoms with Crippen molar-refractivity contribution in [3.8, 4) is 11.3 Å². The van der Waals surface area contributed by atoms with E-state index in [1.165, 1.54) is 21.9 Å². The van der Waals surface area contributed by atoms with Crippen molar-refractivity contribution in [3.63, 3.8) is 0 Å². The van der Waals surface area contributed by atoms with Gasteiger partial charge < -0.3 is 10.4 Å². The van der Waals surface area contributed by atoms with E-state index < -0.39 is 17.5 Å². The molecular weight excluding hydrogens is 386 g/mol. The summed E-state index contributed by atoms with van der Waals surface area (Å²) in [5.41, 5.74) is 0.755. The van der Waals surface area contributed by atoms with Gasteiger partial charge in [-0.3, -0.25) is 14.0 Å². The van der Waals surface area contributed by atoms with Gasteiger partial charge in [0.1, 0.15) is 5.56 Å². The first-order valence-electron chi connectivity index (χ1n) is 8.58. The normalized spacial score (nSPS) is 12.5. The van der Waals surface area contributed by atoms with Crippen molar-refractivity contribution in [2.75, 3.05) is 6.61 Å². The van der Waals surface area contributed by atoms with Crippen molar-refractivity contribution < 1.29 is 9.90 Å². The first-order chi connectivity index (χ1) is 12.9. The highest BCUT2D eigenvalue weighted by Gasteiger charge is 2.20. The van der Waals surface area contributed by atoms with Crippen LogP contribution < -0.4 is 10.9 Å². The van der Waals surface area contributed by atoms with Crippen LogP contribution in [-0.2, 0) is 0 Å². The summed E-state index contributed by atoms with van der Waals surface area (Å²) in [7, 11) is 0. The number of thiazole rings is 1. The van der Waals surface area contributed by atoms with Gasteiger partial charge in [-0.2, -0.15) is 0 Å². The SMILES string of the molecule is CC(C)CC(CO)NC(=O)c1cnc2scc(-c3ccccc3Cl)n2c1=O. The van der Waals surface area contributed by atoms with Crippen LogP contribution in [0.4, 0.5) is 0 Å². The third-order valence-electron chi connectivity index (χ3n) is 4.15. The van der Waals surface area contributed by atoms with E-state index in [4.69, 9.17) is 11.6 Å². The number of carbonyl (C=O) groups excluding carboxylic acids is 1. The lowest BCUT2D eigenvalue weighted by molar-refractivity contribution is 0.0906. The average Bonchev–Trinajstić information content (AvgIpc) is 3.06. The van der Waals surface area contributed by atoms with Gasteiger partial charge in [0.05, 0.1) is 18.3 Å². The third-order valence-corrected chi connectivity index (χ3v) is 5.32. The van der Waals surface area contributed by atoms with Crippen LogP contribution in [0.15, 0.2) is 40.6 Å². The lowest BCUT2D eigenvalue weighted by atomic mass is 10.0. The van der Waals surface area contributed by atoms with Crippen LogP contribution in [0, 0.1) is 5.92 Å². The fourth-order valence-corrected chi connectivity index (χ4v) is 4.00. The Bertz CT molecular complexity index is 1030. The molecule has 0 aliphatic carbocycles. The second-order valence-corrected chi connectivity index (χ2v) is 7.92. The second-order valence-electron chi connectivity index (χ2n) is 6.68. The van der Waals surface area contributed by atoms with Crippen LogP contribution in [0.2, 0.25) is 5.02 Å². The fourth-order valence-electron chi connectivity index (χ4n) is 2.92. The number of benzene rings is 1. The Morgan fingerprint density at radius 1 is 1.37 bits per heavy atom. The number of fused-ring (bicyclic) bond motifs is 1. The maximum absolute atomic E-state index is 13.0. The molecule has 0 saturated carbocycles. The Labute approximate surface area is 165 Å². The van der Waals surface area contributed by atoms with E-state index in [1.54, 1.807) is 11.4 Å². The number of amides is 1. The van der Waals surface area contributed by atoms with Crippen molar-refractivity contribution in [3.05, 3.63) is 56.8 Å². The number of nitrogens with zero attached hydrogens (tertiary/aromatic N) is 2. The zero-order chi connectivity index (χ0) is 19.6. The molecule has 0 radical (unpaired) electrons. The van der Waals surface area contributed by atoms with Gasteiger partial charge in [0.15, 0.2) is 4.96 Å². The van der Waals surface area contributed by atoms with E-state index in [1.807, 2.05) is 32.0 Å². The van der Waals surface area contributed by atoms with Crippen LogP contribution in [0.25, 0.3) is 16.2 Å². The summed E-state index contributed by atoms with van der Waals surface area (Å²) in [4.78, 5) is 30.3. The molecule has 1 unspecified atom stereocenters. The molecule has 2 N–H and O–H groups in total. The molecule has 1 amide bonds. The molecule has 1 aromatic carbocycles. The van der Waals surface area contributed by atoms with Gasteiger partial charge in [-0.15, -0.1) is 11.3 Å². The minimum atomic E-state index is -0.544. The van der Waals surface area contributed by atoms with Crippen LogP contribution in [0.5, 0.6) is 0 Å². The molecule has 0 bridgehead atoms. The predicted molar refractivity (Wildman–Crippen MR) is 108 cm³/mol. The Balaban J connectivity index is 2.02. The number of hydrogen-bond donors (Lipinski definition) is 2. The maximum Gasteiger partial charge on any atom is 0.271 e. The average molecular weight is 406 g/mol. The summed E-state index contributed by atoms with van der Waals surface area (Å²) < 4.78 is 1.40. The lowest BCUT2D eigenvalue weighted by Gasteiger charge is -2.18. The molecule has 2 aromatic heterocycles. The number of aromatic nitrogens is 2. The van der Waals surface area contributed by atoms with E-state index in [-0.39, 0.29) is 12.2 Å². The van der Waals surface area contributed by atoms with Crippen molar-refractivity contribution in [2.24, 2.45) is 5.92 Å². The lowest BCUT2D eigenvalue weighted by Crippen LogP contribution is -2.41. The Kier molecular flexibility index (Phi) is 5.94.